The van der Waals surface area contributed by atoms with Crippen LogP contribution in [0.25, 0.3) is 28.4 Å². The van der Waals surface area contributed by atoms with Crippen LogP contribution in [-0.2, 0) is 25.8 Å². The van der Waals surface area contributed by atoms with Gasteiger partial charge in [0.1, 0.15) is 22.9 Å². The zero-order chi connectivity index (χ0) is 19.1. The lowest BCUT2D eigenvalue weighted by molar-refractivity contribution is 0.426. The second-order valence-electron chi connectivity index (χ2n) is 8.28. The van der Waals surface area contributed by atoms with Crippen molar-refractivity contribution in [3.05, 3.63) is 82.4 Å². The summed E-state index contributed by atoms with van der Waals surface area (Å²) < 4.78 is 15.2. The molecule has 0 saturated carbocycles. The molecule has 3 heteroatoms. The molecule has 2 aromatic heterocycles. The summed E-state index contributed by atoms with van der Waals surface area (Å²) in [5.41, 5.74) is 9.13. The van der Waals surface area contributed by atoms with E-state index in [4.69, 9.17) is 9.15 Å². The van der Waals surface area contributed by atoms with Crippen molar-refractivity contribution in [3.8, 4) is 17.1 Å². The Bertz CT molecular complexity index is 1350. The number of furan rings is 1. The first kappa shape index (κ1) is 15.7. The number of nitrogens with zero attached hydrogens (tertiary/aromatic N) is 1. The van der Waals surface area contributed by atoms with Crippen molar-refractivity contribution in [2.45, 2.75) is 38.6 Å². The number of ether oxygens (including phenoxy) is 1. The highest BCUT2D eigenvalue weighted by Crippen LogP contribution is 2.51. The van der Waals surface area contributed by atoms with Crippen LogP contribution >= 0.6 is 0 Å². The Kier molecular flexibility index (Phi) is 2.95. The third kappa shape index (κ3) is 1.93. The van der Waals surface area contributed by atoms with Crippen LogP contribution in [0.15, 0.2) is 58.7 Å². The maximum absolute atomic E-state index is 6.43. The van der Waals surface area contributed by atoms with Crippen molar-refractivity contribution in [1.29, 1.82) is 0 Å². The Morgan fingerprint density at radius 1 is 1.00 bits per heavy atom. The predicted octanol–water partition coefficient (Wildman–Crippen LogP) is 6.09. The molecule has 3 nitrogen and oxygen atoms in total. The van der Waals surface area contributed by atoms with E-state index >= 15 is 0 Å². The molecule has 0 N–H and O–H groups in total. The number of para-hydroxylation sites is 2. The molecular weight excluding hydrogens is 358 g/mol. The van der Waals surface area contributed by atoms with Crippen molar-refractivity contribution in [2.24, 2.45) is 0 Å². The molecule has 142 valence electrons. The molecule has 4 aromatic rings. The van der Waals surface area contributed by atoms with E-state index in [9.17, 15) is 0 Å². The minimum Gasteiger partial charge on any atom is -0.461 e. The van der Waals surface area contributed by atoms with Crippen LogP contribution in [0, 0.1) is 0 Å². The minimum atomic E-state index is 0.329. The fraction of sp³-hybridized carbons (Fsp3) is 0.231. The van der Waals surface area contributed by atoms with E-state index in [2.05, 4.69) is 66.1 Å². The van der Waals surface area contributed by atoms with Crippen molar-refractivity contribution in [1.82, 2.24) is 4.57 Å². The fourth-order valence-corrected chi connectivity index (χ4v) is 5.69. The van der Waals surface area contributed by atoms with Gasteiger partial charge in [-0.05, 0) is 38.0 Å². The Hall–Kier alpha value is -3.20. The van der Waals surface area contributed by atoms with Crippen molar-refractivity contribution in [3.63, 3.8) is 0 Å². The maximum atomic E-state index is 6.43. The predicted molar refractivity (Wildman–Crippen MR) is 114 cm³/mol. The zero-order valence-electron chi connectivity index (χ0n) is 16.4. The Morgan fingerprint density at radius 2 is 1.86 bits per heavy atom. The second kappa shape index (κ2) is 5.44. The molecule has 0 bridgehead atoms. The fourth-order valence-electron chi connectivity index (χ4n) is 5.69. The summed E-state index contributed by atoms with van der Waals surface area (Å²) in [4.78, 5) is 0. The van der Waals surface area contributed by atoms with Crippen molar-refractivity contribution >= 4 is 17.0 Å². The number of aromatic nitrogens is 1. The van der Waals surface area contributed by atoms with E-state index in [1.54, 1.807) is 0 Å². The molecule has 0 radical (unpaired) electrons. The molecule has 1 unspecified atom stereocenters. The zero-order valence-corrected chi connectivity index (χ0v) is 16.4. The van der Waals surface area contributed by atoms with Crippen LogP contribution < -0.4 is 4.74 Å². The van der Waals surface area contributed by atoms with E-state index in [1.807, 2.05) is 0 Å². The van der Waals surface area contributed by atoms with Crippen molar-refractivity contribution < 1.29 is 9.15 Å². The molecule has 29 heavy (non-hydrogen) atoms. The normalized spacial score (nSPS) is 18.4. The number of rotatable bonds is 1. The first-order valence-corrected chi connectivity index (χ1v) is 10.6. The monoisotopic (exact) mass is 379 g/mol. The van der Waals surface area contributed by atoms with Crippen LogP contribution in [0.4, 0.5) is 0 Å². The van der Waals surface area contributed by atoms with E-state index in [0.717, 1.165) is 48.7 Å². The molecule has 2 aliphatic carbocycles. The molecule has 0 fully saturated rings. The van der Waals surface area contributed by atoms with Crippen LogP contribution in [0.3, 0.4) is 0 Å². The molecule has 2 aromatic carbocycles. The van der Waals surface area contributed by atoms with E-state index in [1.165, 1.54) is 39.0 Å². The van der Waals surface area contributed by atoms with Gasteiger partial charge in [0.2, 0.25) is 0 Å². The smallest absolute Gasteiger partial charge is 0.141 e. The molecule has 0 amide bonds. The summed E-state index contributed by atoms with van der Waals surface area (Å²) >= 11 is 0. The molecule has 3 heterocycles. The molecular formula is C26H21NO2. The first-order valence-electron chi connectivity index (χ1n) is 10.6. The number of hydrogen-bond donors (Lipinski definition) is 0. The molecule has 1 atom stereocenters. The Balaban J connectivity index is 1.49. The van der Waals surface area contributed by atoms with Gasteiger partial charge in [-0.1, -0.05) is 36.4 Å². The number of benzene rings is 2. The maximum Gasteiger partial charge on any atom is 0.141 e. The third-order valence-electron chi connectivity index (χ3n) is 6.92. The quantitative estimate of drug-likeness (QED) is 0.400. The van der Waals surface area contributed by atoms with Crippen LogP contribution in [0.1, 0.15) is 40.9 Å². The standard InChI is InChI=1S/C26H21NO2/c1-2-27-20-12-11-17-15-7-3-6-10-23(15)29-26(17)25(20)19-14-24-18(13-21(19)27)16-8-4-5-9-22(16)28-24/h3-10,14,18H,2,11-13H2,1H3. The highest BCUT2D eigenvalue weighted by Gasteiger charge is 2.38. The van der Waals surface area contributed by atoms with Gasteiger partial charge in [-0.25, -0.2) is 0 Å². The molecule has 3 aliphatic rings. The van der Waals surface area contributed by atoms with Gasteiger partial charge >= 0.3 is 0 Å². The summed E-state index contributed by atoms with van der Waals surface area (Å²) in [5.74, 6) is 3.49. The minimum absolute atomic E-state index is 0.329. The lowest BCUT2D eigenvalue weighted by atomic mass is 9.85. The van der Waals surface area contributed by atoms with Crippen LogP contribution in [-0.4, -0.2) is 4.57 Å². The average Bonchev–Trinajstić information content (AvgIpc) is 3.40. The van der Waals surface area contributed by atoms with Gasteiger partial charge in [0.15, 0.2) is 0 Å². The van der Waals surface area contributed by atoms with Gasteiger partial charge in [-0.2, -0.15) is 0 Å². The summed E-state index contributed by atoms with van der Waals surface area (Å²) in [6.07, 6.45) is 5.39. The van der Waals surface area contributed by atoms with E-state index in [-0.39, 0.29) is 0 Å². The lowest BCUT2D eigenvalue weighted by Crippen LogP contribution is -2.14. The summed E-state index contributed by atoms with van der Waals surface area (Å²) in [6.45, 7) is 3.25. The number of allylic oxidation sites excluding steroid dienone is 1. The Labute approximate surface area is 169 Å². The second-order valence-corrected chi connectivity index (χ2v) is 8.28. The topological polar surface area (TPSA) is 27.3 Å². The molecule has 1 aliphatic heterocycles. The Morgan fingerprint density at radius 3 is 2.79 bits per heavy atom. The highest BCUT2D eigenvalue weighted by molar-refractivity contribution is 5.92. The molecule has 0 saturated heterocycles. The van der Waals surface area contributed by atoms with Gasteiger partial charge in [-0.15, -0.1) is 0 Å². The molecule has 7 rings (SSSR count). The number of fused-ring (bicyclic) bond motifs is 10. The van der Waals surface area contributed by atoms with Gasteiger partial charge in [0.25, 0.3) is 0 Å². The van der Waals surface area contributed by atoms with Crippen LogP contribution in [0.5, 0.6) is 5.75 Å². The third-order valence-corrected chi connectivity index (χ3v) is 6.92. The molecule has 0 spiro atoms. The summed E-state index contributed by atoms with van der Waals surface area (Å²) in [6, 6.07) is 16.9. The van der Waals surface area contributed by atoms with Gasteiger partial charge in [0.05, 0.1) is 5.92 Å². The number of hydrogen-bond acceptors (Lipinski definition) is 2. The largest absolute Gasteiger partial charge is 0.461 e. The van der Waals surface area contributed by atoms with Gasteiger partial charge < -0.3 is 13.7 Å². The van der Waals surface area contributed by atoms with Crippen LogP contribution in [0.2, 0.25) is 0 Å². The summed E-state index contributed by atoms with van der Waals surface area (Å²) in [5, 5.41) is 1.26. The average molecular weight is 379 g/mol. The SMILES string of the molecule is CCn1c2c(c3c1CCc1c-3oc3ccccc13)C=C1Oc3ccccc3C1C2. The lowest BCUT2D eigenvalue weighted by Gasteiger charge is -2.19. The highest BCUT2D eigenvalue weighted by atomic mass is 16.5. The van der Waals surface area contributed by atoms with Crippen molar-refractivity contribution in [2.75, 3.05) is 0 Å². The summed E-state index contributed by atoms with van der Waals surface area (Å²) in [7, 11) is 0. The van der Waals surface area contributed by atoms with E-state index in [0.29, 0.717) is 5.92 Å². The first-order chi connectivity index (χ1) is 14.3. The van der Waals surface area contributed by atoms with Gasteiger partial charge in [0, 0.05) is 52.0 Å². The number of aryl methyl sites for hydroxylation is 1. The van der Waals surface area contributed by atoms with E-state index < -0.39 is 0 Å². The van der Waals surface area contributed by atoms with Gasteiger partial charge in [-0.3, -0.25) is 0 Å².